The lowest BCUT2D eigenvalue weighted by Gasteiger charge is -2.23. The average molecular weight is 332 g/mol. The van der Waals surface area contributed by atoms with Crippen molar-refractivity contribution in [1.29, 1.82) is 0 Å². The molecule has 0 amide bonds. The van der Waals surface area contributed by atoms with E-state index >= 15 is 0 Å². The fraction of sp³-hybridized carbons (Fsp3) is 0.188. The summed E-state index contributed by atoms with van der Waals surface area (Å²) in [4.78, 5) is 5.49. The van der Waals surface area contributed by atoms with Crippen LogP contribution >= 0.6 is 15.9 Å². The summed E-state index contributed by atoms with van der Waals surface area (Å²) in [7, 11) is 0. The summed E-state index contributed by atoms with van der Waals surface area (Å²) in [6.07, 6.45) is 2.19. The van der Waals surface area contributed by atoms with Gasteiger partial charge in [0.05, 0.1) is 12.8 Å². The summed E-state index contributed by atoms with van der Waals surface area (Å²) >= 11 is 3.47. The van der Waals surface area contributed by atoms with Crippen LogP contribution in [0, 0.1) is 0 Å². The van der Waals surface area contributed by atoms with Crippen LogP contribution in [0.4, 0.5) is 0 Å². The summed E-state index contributed by atoms with van der Waals surface area (Å²) in [5.41, 5.74) is 3.29. The van der Waals surface area contributed by atoms with Crippen LogP contribution in [-0.4, -0.2) is 12.8 Å². The highest BCUT2D eigenvalue weighted by Crippen LogP contribution is 2.27. The Morgan fingerprint density at radius 3 is 2.85 bits per heavy atom. The number of hydrogen-bond acceptors (Lipinski definition) is 3. The van der Waals surface area contributed by atoms with Crippen LogP contribution in [0.1, 0.15) is 23.0 Å². The highest BCUT2D eigenvalue weighted by atomic mass is 79.9. The van der Waals surface area contributed by atoms with E-state index in [0.717, 1.165) is 22.0 Å². The maximum atomic E-state index is 5.62. The van der Waals surface area contributed by atoms with E-state index in [4.69, 9.17) is 9.57 Å². The van der Waals surface area contributed by atoms with Crippen LogP contribution < -0.4 is 0 Å². The van der Waals surface area contributed by atoms with Crippen molar-refractivity contribution in [2.75, 3.05) is 6.61 Å². The van der Waals surface area contributed by atoms with Gasteiger partial charge in [-0.3, -0.25) is 0 Å². The van der Waals surface area contributed by atoms with Crippen molar-refractivity contribution in [1.82, 2.24) is 0 Å². The molecular weight excluding hydrogens is 318 g/mol. The molecule has 0 saturated heterocycles. The Balaban J connectivity index is 1.72. The molecule has 0 radical (unpaired) electrons. The van der Waals surface area contributed by atoms with Crippen LogP contribution in [0.2, 0.25) is 0 Å². The van der Waals surface area contributed by atoms with E-state index in [1.165, 1.54) is 5.56 Å². The molecule has 0 N–H and O–H groups in total. The van der Waals surface area contributed by atoms with E-state index < -0.39 is 6.29 Å². The minimum absolute atomic E-state index is 0.418. The van der Waals surface area contributed by atoms with Gasteiger partial charge in [-0.1, -0.05) is 63.6 Å². The van der Waals surface area contributed by atoms with Crippen molar-refractivity contribution in [3.05, 3.63) is 69.7 Å². The number of fused-ring (bicyclic) bond motifs is 1. The molecule has 4 heteroatoms. The van der Waals surface area contributed by atoms with Gasteiger partial charge in [-0.15, -0.1) is 0 Å². The van der Waals surface area contributed by atoms with Gasteiger partial charge in [-0.05, 0) is 18.1 Å². The molecule has 2 aromatic rings. The second-order valence-electron chi connectivity index (χ2n) is 4.51. The summed E-state index contributed by atoms with van der Waals surface area (Å²) in [6, 6.07) is 16.0. The molecule has 3 nitrogen and oxygen atoms in total. The Bertz CT molecular complexity index is 627. The Labute approximate surface area is 126 Å². The zero-order valence-electron chi connectivity index (χ0n) is 10.8. The summed E-state index contributed by atoms with van der Waals surface area (Å²) in [5.74, 6) is 0. The van der Waals surface area contributed by atoms with Gasteiger partial charge in [0, 0.05) is 15.6 Å². The topological polar surface area (TPSA) is 30.8 Å². The maximum Gasteiger partial charge on any atom is 0.253 e. The first-order chi connectivity index (χ1) is 9.84. The smallest absolute Gasteiger partial charge is 0.253 e. The molecule has 1 aliphatic heterocycles. The standard InChI is InChI=1S/C16H14BrNO2/c17-15-8-4-2-6-13(15)11-18-20-16-14-7-3-1-5-12(14)9-10-19-16/h1-8,11,16H,9-10H2/b18-11+. The number of ether oxygens (including phenoxy) is 1. The summed E-state index contributed by atoms with van der Waals surface area (Å²) in [5, 5.41) is 4.04. The third kappa shape index (κ3) is 2.92. The first-order valence-electron chi connectivity index (χ1n) is 6.48. The zero-order valence-corrected chi connectivity index (χ0v) is 12.4. The Kier molecular flexibility index (Phi) is 4.14. The van der Waals surface area contributed by atoms with Gasteiger partial charge < -0.3 is 9.57 Å². The molecule has 2 aromatic carbocycles. The quantitative estimate of drug-likeness (QED) is 0.627. The zero-order chi connectivity index (χ0) is 13.8. The molecule has 0 aromatic heterocycles. The molecule has 1 aliphatic rings. The predicted octanol–water partition coefficient (Wildman–Crippen LogP) is 4.07. The van der Waals surface area contributed by atoms with Gasteiger partial charge in [-0.2, -0.15) is 0 Å². The summed E-state index contributed by atoms with van der Waals surface area (Å²) in [6.45, 7) is 0.659. The number of nitrogens with zero attached hydrogens (tertiary/aromatic N) is 1. The molecule has 20 heavy (non-hydrogen) atoms. The molecule has 0 aliphatic carbocycles. The van der Waals surface area contributed by atoms with Crippen molar-refractivity contribution in [3.63, 3.8) is 0 Å². The van der Waals surface area contributed by atoms with Gasteiger partial charge in [0.25, 0.3) is 6.29 Å². The van der Waals surface area contributed by atoms with Crippen LogP contribution in [0.5, 0.6) is 0 Å². The first-order valence-corrected chi connectivity index (χ1v) is 7.27. The molecule has 1 unspecified atom stereocenters. The fourth-order valence-corrected chi connectivity index (χ4v) is 2.55. The lowest BCUT2D eigenvalue weighted by Crippen LogP contribution is -2.17. The van der Waals surface area contributed by atoms with E-state index in [1.54, 1.807) is 6.21 Å². The van der Waals surface area contributed by atoms with E-state index in [-0.39, 0.29) is 0 Å². The van der Waals surface area contributed by atoms with E-state index in [1.807, 2.05) is 42.5 Å². The molecule has 0 saturated carbocycles. The van der Waals surface area contributed by atoms with Crippen molar-refractivity contribution < 1.29 is 9.57 Å². The third-order valence-electron chi connectivity index (χ3n) is 3.20. The second-order valence-corrected chi connectivity index (χ2v) is 5.37. The van der Waals surface area contributed by atoms with Gasteiger partial charge in [0.15, 0.2) is 0 Å². The first kappa shape index (κ1) is 13.3. The molecule has 0 spiro atoms. The van der Waals surface area contributed by atoms with E-state index in [0.29, 0.717) is 6.61 Å². The molecular formula is C16H14BrNO2. The van der Waals surface area contributed by atoms with Gasteiger partial charge in [0.1, 0.15) is 0 Å². The monoisotopic (exact) mass is 331 g/mol. The number of hydrogen-bond donors (Lipinski definition) is 0. The number of rotatable bonds is 3. The van der Waals surface area contributed by atoms with Crippen molar-refractivity contribution >= 4 is 22.1 Å². The fourth-order valence-electron chi connectivity index (χ4n) is 2.17. The number of benzene rings is 2. The highest BCUT2D eigenvalue weighted by molar-refractivity contribution is 9.10. The highest BCUT2D eigenvalue weighted by Gasteiger charge is 2.21. The molecule has 0 fully saturated rings. The largest absolute Gasteiger partial charge is 0.358 e. The van der Waals surface area contributed by atoms with E-state index in [2.05, 4.69) is 27.2 Å². The third-order valence-corrected chi connectivity index (χ3v) is 3.93. The second kappa shape index (κ2) is 6.20. The lowest BCUT2D eigenvalue weighted by atomic mass is 10.0. The normalized spacial score (nSPS) is 17.9. The Hall–Kier alpha value is -1.65. The van der Waals surface area contributed by atoms with Gasteiger partial charge in [0.2, 0.25) is 0 Å². The Morgan fingerprint density at radius 2 is 1.95 bits per heavy atom. The van der Waals surface area contributed by atoms with Gasteiger partial charge >= 0.3 is 0 Å². The van der Waals surface area contributed by atoms with Crippen molar-refractivity contribution in [2.45, 2.75) is 12.7 Å². The number of oxime groups is 1. The predicted molar refractivity (Wildman–Crippen MR) is 81.7 cm³/mol. The van der Waals surface area contributed by atoms with Crippen molar-refractivity contribution in [2.24, 2.45) is 5.16 Å². The Morgan fingerprint density at radius 1 is 1.15 bits per heavy atom. The maximum absolute atomic E-state index is 5.62. The van der Waals surface area contributed by atoms with Crippen LogP contribution in [0.25, 0.3) is 0 Å². The van der Waals surface area contributed by atoms with Crippen molar-refractivity contribution in [3.8, 4) is 0 Å². The van der Waals surface area contributed by atoms with Crippen LogP contribution in [-0.2, 0) is 16.0 Å². The average Bonchev–Trinajstić information content (AvgIpc) is 2.49. The molecule has 1 atom stereocenters. The molecule has 3 rings (SSSR count). The van der Waals surface area contributed by atoms with Crippen LogP contribution in [0.3, 0.4) is 0 Å². The van der Waals surface area contributed by atoms with Gasteiger partial charge in [-0.25, -0.2) is 0 Å². The molecule has 1 heterocycles. The molecule has 0 bridgehead atoms. The number of halogens is 1. The molecule has 102 valence electrons. The SMILES string of the molecule is Brc1ccccc1/C=N/OC1OCCc2ccccc21. The minimum Gasteiger partial charge on any atom is -0.358 e. The van der Waals surface area contributed by atoms with Crippen LogP contribution in [0.15, 0.2) is 58.2 Å². The van der Waals surface area contributed by atoms with E-state index in [9.17, 15) is 0 Å². The lowest BCUT2D eigenvalue weighted by molar-refractivity contribution is -0.152. The minimum atomic E-state index is -0.418. The summed E-state index contributed by atoms with van der Waals surface area (Å²) < 4.78 is 6.61.